The van der Waals surface area contributed by atoms with Gasteiger partial charge >= 0.3 is 0 Å². The number of Topliss-reactive ketones (excluding diaryl/α,β-unsaturated/α-hetero) is 1. The Morgan fingerprint density at radius 2 is 1.56 bits per heavy atom. The van der Waals surface area contributed by atoms with Crippen LogP contribution in [-0.2, 0) is 19.2 Å². The number of ketones is 1. The standard InChI is InChI=1S/C35H63N3O5/c1-5-16-30(34(4,43)33(42)37-25-31(36)40)38-32(41)27(6-2)20-24-35(22-14-15-23-35)21-13-12-19-29(39)26(3)28-17-10-8-7-9-11-18-28/h26-28,30,43H,5-25H2,1-4H3,(H2,36,40)(H,37,42)(H,38,41)/t26-,27-,30?,34?/m0/s1. The lowest BCUT2D eigenvalue weighted by atomic mass is 9.74. The highest BCUT2D eigenvalue weighted by Gasteiger charge is 2.41. The Morgan fingerprint density at radius 3 is 2.14 bits per heavy atom. The van der Waals surface area contributed by atoms with Crippen LogP contribution in [0.5, 0.6) is 0 Å². The second kappa shape index (κ2) is 18.8. The van der Waals surface area contributed by atoms with Crippen molar-refractivity contribution >= 4 is 23.5 Å². The fourth-order valence-electron chi connectivity index (χ4n) is 7.61. The van der Waals surface area contributed by atoms with Crippen LogP contribution < -0.4 is 16.4 Å². The fraction of sp³-hybridized carbons (Fsp3) is 0.886. The van der Waals surface area contributed by atoms with E-state index in [0.29, 0.717) is 37.4 Å². The lowest BCUT2D eigenvalue weighted by Crippen LogP contribution is -2.60. The van der Waals surface area contributed by atoms with Crippen molar-refractivity contribution in [2.45, 2.75) is 168 Å². The molecule has 0 aliphatic heterocycles. The summed E-state index contributed by atoms with van der Waals surface area (Å²) in [6.45, 7) is 7.13. The number of rotatable bonds is 19. The quantitative estimate of drug-likeness (QED) is 0.132. The summed E-state index contributed by atoms with van der Waals surface area (Å²) in [7, 11) is 0. The van der Waals surface area contributed by atoms with Crippen LogP contribution in [0.2, 0.25) is 0 Å². The van der Waals surface area contributed by atoms with E-state index < -0.39 is 23.5 Å². The summed E-state index contributed by atoms with van der Waals surface area (Å²) in [5.41, 5.74) is 3.51. The number of carbonyl (C=O) groups is 4. The number of aliphatic hydroxyl groups is 1. The van der Waals surface area contributed by atoms with Crippen molar-refractivity contribution in [2.75, 3.05) is 6.54 Å². The molecule has 2 rings (SSSR count). The van der Waals surface area contributed by atoms with E-state index in [1.807, 2.05) is 13.8 Å². The molecule has 4 atom stereocenters. The molecule has 2 fully saturated rings. The van der Waals surface area contributed by atoms with Crippen LogP contribution in [0.1, 0.15) is 156 Å². The highest BCUT2D eigenvalue weighted by molar-refractivity contribution is 5.90. The SMILES string of the molecule is CCCC(NC(=O)[C@@H](CC)CCC1(CCCCC(=O)[C@@H](C)C2CCCCCCC2)CCCC1)C(C)(O)C(=O)NCC(N)=O. The Kier molecular flexibility index (Phi) is 16.2. The molecule has 2 unspecified atom stereocenters. The zero-order chi connectivity index (χ0) is 31.9. The number of unbranched alkanes of at least 4 members (excludes halogenated alkanes) is 1. The molecule has 0 aromatic rings. The van der Waals surface area contributed by atoms with E-state index in [9.17, 15) is 24.3 Å². The molecule has 2 saturated carbocycles. The molecule has 0 heterocycles. The average molecular weight is 606 g/mol. The van der Waals surface area contributed by atoms with Crippen LogP contribution in [0, 0.1) is 23.2 Å². The second-order valence-corrected chi connectivity index (χ2v) is 14.1. The Morgan fingerprint density at radius 1 is 0.930 bits per heavy atom. The van der Waals surface area contributed by atoms with Gasteiger partial charge in [-0.25, -0.2) is 0 Å². The third kappa shape index (κ3) is 12.2. The highest BCUT2D eigenvalue weighted by Crippen LogP contribution is 2.47. The molecule has 0 spiro atoms. The van der Waals surface area contributed by atoms with Gasteiger partial charge in [-0.3, -0.25) is 19.2 Å². The van der Waals surface area contributed by atoms with Gasteiger partial charge in [0.05, 0.1) is 12.6 Å². The number of nitrogens with one attached hydrogen (secondary N) is 2. The van der Waals surface area contributed by atoms with Crippen molar-refractivity contribution in [3.8, 4) is 0 Å². The van der Waals surface area contributed by atoms with Crippen molar-refractivity contribution in [3.63, 3.8) is 0 Å². The number of hydrogen-bond acceptors (Lipinski definition) is 5. The van der Waals surface area contributed by atoms with E-state index in [1.165, 1.54) is 77.6 Å². The number of nitrogens with two attached hydrogens (primary N) is 1. The molecule has 0 saturated heterocycles. The first-order chi connectivity index (χ1) is 20.5. The number of amides is 3. The summed E-state index contributed by atoms with van der Waals surface area (Å²) in [6.07, 6.45) is 21.1. The van der Waals surface area contributed by atoms with E-state index in [-0.39, 0.29) is 29.7 Å². The smallest absolute Gasteiger partial charge is 0.254 e. The van der Waals surface area contributed by atoms with Gasteiger partial charge in [0.2, 0.25) is 11.8 Å². The van der Waals surface area contributed by atoms with Crippen LogP contribution >= 0.6 is 0 Å². The summed E-state index contributed by atoms with van der Waals surface area (Å²) >= 11 is 0. The van der Waals surface area contributed by atoms with Crippen LogP contribution in [0.4, 0.5) is 0 Å². The summed E-state index contributed by atoms with van der Waals surface area (Å²) in [6, 6.07) is -0.769. The first-order valence-electron chi connectivity index (χ1n) is 17.6. The van der Waals surface area contributed by atoms with Gasteiger partial charge in [0, 0.05) is 18.3 Å². The molecule has 3 amide bonds. The van der Waals surface area contributed by atoms with Gasteiger partial charge in [0.15, 0.2) is 5.60 Å². The van der Waals surface area contributed by atoms with Crippen LogP contribution in [-0.4, -0.2) is 46.8 Å². The van der Waals surface area contributed by atoms with E-state index in [4.69, 9.17) is 5.73 Å². The molecule has 5 N–H and O–H groups in total. The molecule has 0 aromatic carbocycles. The van der Waals surface area contributed by atoms with Gasteiger partial charge in [0.25, 0.3) is 5.91 Å². The predicted octanol–water partition coefficient (Wildman–Crippen LogP) is 6.12. The minimum atomic E-state index is -1.86. The molecule has 8 nitrogen and oxygen atoms in total. The molecule has 43 heavy (non-hydrogen) atoms. The maximum atomic E-state index is 13.4. The van der Waals surface area contributed by atoms with Crippen LogP contribution in [0.3, 0.4) is 0 Å². The zero-order valence-electron chi connectivity index (χ0n) is 27.8. The van der Waals surface area contributed by atoms with Gasteiger partial charge in [-0.2, -0.15) is 0 Å². The van der Waals surface area contributed by atoms with E-state index in [0.717, 1.165) is 32.1 Å². The molecule has 8 heteroatoms. The summed E-state index contributed by atoms with van der Waals surface area (Å²) in [5, 5.41) is 16.4. The van der Waals surface area contributed by atoms with Crippen LogP contribution in [0.25, 0.3) is 0 Å². The van der Waals surface area contributed by atoms with E-state index in [1.54, 1.807) is 0 Å². The number of hydrogen-bond donors (Lipinski definition) is 4. The van der Waals surface area contributed by atoms with Gasteiger partial charge in [-0.05, 0) is 82.5 Å². The highest BCUT2D eigenvalue weighted by atomic mass is 16.3. The Hall–Kier alpha value is -1.96. The summed E-state index contributed by atoms with van der Waals surface area (Å²) in [5.74, 6) is -0.544. The van der Waals surface area contributed by atoms with E-state index in [2.05, 4.69) is 17.6 Å². The van der Waals surface area contributed by atoms with Gasteiger partial charge in [-0.15, -0.1) is 0 Å². The topological polar surface area (TPSA) is 139 Å². The van der Waals surface area contributed by atoms with Crippen molar-refractivity contribution in [1.29, 1.82) is 0 Å². The van der Waals surface area contributed by atoms with Crippen molar-refractivity contribution in [3.05, 3.63) is 0 Å². The molecule has 0 radical (unpaired) electrons. The van der Waals surface area contributed by atoms with Crippen molar-refractivity contribution < 1.29 is 24.3 Å². The molecule has 2 aliphatic carbocycles. The first-order valence-corrected chi connectivity index (χ1v) is 17.6. The maximum absolute atomic E-state index is 13.4. The third-order valence-corrected chi connectivity index (χ3v) is 10.8. The largest absolute Gasteiger partial charge is 0.378 e. The van der Waals surface area contributed by atoms with Gasteiger partial charge in [-0.1, -0.05) is 78.6 Å². The first kappa shape index (κ1) is 37.2. The normalized spacial score (nSPS) is 21.0. The summed E-state index contributed by atoms with van der Waals surface area (Å²) < 4.78 is 0. The molecule has 248 valence electrons. The van der Waals surface area contributed by atoms with Crippen molar-refractivity contribution in [2.24, 2.45) is 28.9 Å². The lowest BCUT2D eigenvalue weighted by molar-refractivity contribution is -0.144. The number of primary amides is 1. The Bertz CT molecular complexity index is 875. The molecular weight excluding hydrogens is 542 g/mol. The number of carbonyl (C=O) groups excluding carboxylic acids is 4. The molecule has 0 bridgehead atoms. The maximum Gasteiger partial charge on any atom is 0.254 e. The van der Waals surface area contributed by atoms with Gasteiger partial charge < -0.3 is 21.5 Å². The Balaban J connectivity index is 1.89. The molecule has 0 aromatic heterocycles. The molecule has 2 aliphatic rings. The minimum absolute atomic E-state index is 0.133. The Labute approximate surface area is 261 Å². The average Bonchev–Trinajstić information content (AvgIpc) is 3.42. The van der Waals surface area contributed by atoms with Crippen molar-refractivity contribution in [1.82, 2.24) is 10.6 Å². The molecular formula is C35H63N3O5. The zero-order valence-corrected chi connectivity index (χ0v) is 27.8. The lowest BCUT2D eigenvalue weighted by Gasteiger charge is -2.34. The van der Waals surface area contributed by atoms with Crippen LogP contribution in [0.15, 0.2) is 0 Å². The van der Waals surface area contributed by atoms with E-state index >= 15 is 0 Å². The summed E-state index contributed by atoms with van der Waals surface area (Å²) in [4.78, 5) is 50.2. The monoisotopic (exact) mass is 605 g/mol. The van der Waals surface area contributed by atoms with Gasteiger partial charge in [0.1, 0.15) is 5.78 Å². The predicted molar refractivity (Wildman–Crippen MR) is 172 cm³/mol. The fourth-order valence-corrected chi connectivity index (χ4v) is 7.61. The minimum Gasteiger partial charge on any atom is -0.378 e. The third-order valence-electron chi connectivity index (χ3n) is 10.8. The second-order valence-electron chi connectivity index (χ2n) is 14.1.